The predicted octanol–water partition coefficient (Wildman–Crippen LogP) is 4.51. The van der Waals surface area contributed by atoms with E-state index in [4.69, 9.17) is 9.26 Å². The van der Waals surface area contributed by atoms with Gasteiger partial charge in [-0.2, -0.15) is 5.26 Å². The van der Waals surface area contributed by atoms with Crippen molar-refractivity contribution in [1.82, 2.24) is 5.16 Å². The fraction of sp³-hybridized carbons (Fsp3) is 0.158. The predicted molar refractivity (Wildman–Crippen MR) is 88.1 cm³/mol. The van der Waals surface area contributed by atoms with Crippen LogP contribution in [-0.4, -0.2) is 12.3 Å². The van der Waals surface area contributed by atoms with Crippen LogP contribution in [0.1, 0.15) is 16.7 Å². The topological polar surface area (TPSA) is 59.1 Å². The van der Waals surface area contributed by atoms with Gasteiger partial charge in [0.2, 0.25) is 0 Å². The smallest absolute Gasteiger partial charge is 0.185 e. The van der Waals surface area contributed by atoms with Gasteiger partial charge in [-0.1, -0.05) is 23.4 Å². The first kappa shape index (κ1) is 14.9. The average Bonchev–Trinajstić information content (AvgIpc) is 2.98. The number of aryl methyl sites for hydroxylation is 2. The molecule has 23 heavy (non-hydrogen) atoms. The Balaban J connectivity index is 2.16. The molecule has 3 rings (SSSR count). The molecule has 2 aromatic carbocycles. The molecule has 0 saturated heterocycles. The van der Waals surface area contributed by atoms with Gasteiger partial charge in [0, 0.05) is 11.1 Å². The average molecular weight is 304 g/mol. The zero-order chi connectivity index (χ0) is 16.4. The number of hydrogen-bond acceptors (Lipinski definition) is 4. The number of nitriles is 1. The van der Waals surface area contributed by atoms with Crippen molar-refractivity contribution >= 4 is 0 Å². The lowest BCUT2D eigenvalue weighted by atomic mass is 9.96. The monoisotopic (exact) mass is 304 g/mol. The molecule has 0 atom stereocenters. The maximum Gasteiger partial charge on any atom is 0.185 e. The molecule has 1 heterocycles. The summed E-state index contributed by atoms with van der Waals surface area (Å²) in [6.07, 6.45) is 0. The van der Waals surface area contributed by atoms with Crippen LogP contribution < -0.4 is 4.74 Å². The third-order valence-corrected chi connectivity index (χ3v) is 3.87. The van der Waals surface area contributed by atoms with Crippen molar-refractivity contribution in [1.29, 1.82) is 5.26 Å². The molecular formula is C19H16N2O2. The SMILES string of the molecule is COc1ccc(-c2onc(-c3c(C)cccc3C)c2C#N)cc1. The molecule has 0 saturated carbocycles. The summed E-state index contributed by atoms with van der Waals surface area (Å²) < 4.78 is 10.7. The van der Waals surface area contributed by atoms with Gasteiger partial charge in [-0.3, -0.25) is 0 Å². The van der Waals surface area contributed by atoms with E-state index >= 15 is 0 Å². The molecule has 0 bridgehead atoms. The number of aromatic nitrogens is 1. The molecular weight excluding hydrogens is 288 g/mol. The minimum absolute atomic E-state index is 0.451. The summed E-state index contributed by atoms with van der Waals surface area (Å²) in [6, 6.07) is 15.6. The minimum atomic E-state index is 0.451. The van der Waals surface area contributed by atoms with Crippen LogP contribution in [0.25, 0.3) is 22.6 Å². The number of ether oxygens (including phenoxy) is 1. The van der Waals surface area contributed by atoms with E-state index in [1.165, 1.54) is 0 Å². The van der Waals surface area contributed by atoms with Crippen LogP contribution >= 0.6 is 0 Å². The summed E-state index contributed by atoms with van der Waals surface area (Å²) in [5.74, 6) is 1.23. The molecule has 3 aromatic rings. The Morgan fingerprint density at radius 1 is 1.04 bits per heavy atom. The van der Waals surface area contributed by atoms with Gasteiger partial charge in [-0.15, -0.1) is 0 Å². The van der Waals surface area contributed by atoms with E-state index < -0.39 is 0 Å². The second-order valence-electron chi connectivity index (χ2n) is 5.34. The van der Waals surface area contributed by atoms with Crippen LogP contribution in [0.15, 0.2) is 47.0 Å². The molecule has 0 aliphatic rings. The Morgan fingerprint density at radius 2 is 1.70 bits per heavy atom. The second kappa shape index (κ2) is 5.98. The molecule has 0 radical (unpaired) electrons. The van der Waals surface area contributed by atoms with Crippen molar-refractivity contribution in [3.63, 3.8) is 0 Å². The summed E-state index contributed by atoms with van der Waals surface area (Å²) in [7, 11) is 1.61. The number of benzene rings is 2. The Hall–Kier alpha value is -3.06. The van der Waals surface area contributed by atoms with E-state index in [0.717, 1.165) is 28.0 Å². The molecule has 1 aromatic heterocycles. The van der Waals surface area contributed by atoms with E-state index in [2.05, 4.69) is 11.2 Å². The zero-order valence-corrected chi connectivity index (χ0v) is 13.3. The van der Waals surface area contributed by atoms with Gasteiger partial charge >= 0.3 is 0 Å². The van der Waals surface area contributed by atoms with Crippen molar-refractivity contribution < 1.29 is 9.26 Å². The molecule has 0 N–H and O–H groups in total. The van der Waals surface area contributed by atoms with E-state index in [0.29, 0.717) is 17.0 Å². The third kappa shape index (κ3) is 2.58. The Bertz CT molecular complexity index is 866. The Labute approximate surface area is 134 Å². The lowest BCUT2D eigenvalue weighted by molar-refractivity contribution is 0.414. The molecule has 0 unspecified atom stereocenters. The molecule has 0 fully saturated rings. The molecule has 4 nitrogen and oxygen atoms in total. The van der Waals surface area contributed by atoms with Gasteiger partial charge in [-0.05, 0) is 49.2 Å². The number of methoxy groups -OCH3 is 1. The summed E-state index contributed by atoms with van der Waals surface area (Å²) >= 11 is 0. The molecule has 0 aliphatic heterocycles. The van der Waals surface area contributed by atoms with Crippen LogP contribution in [0.2, 0.25) is 0 Å². The third-order valence-electron chi connectivity index (χ3n) is 3.87. The van der Waals surface area contributed by atoms with Crippen molar-refractivity contribution in [3.05, 3.63) is 59.2 Å². The molecule has 0 amide bonds. The first-order valence-corrected chi connectivity index (χ1v) is 7.26. The van der Waals surface area contributed by atoms with Crippen LogP contribution in [0.5, 0.6) is 5.75 Å². The minimum Gasteiger partial charge on any atom is -0.497 e. The quantitative estimate of drug-likeness (QED) is 0.714. The van der Waals surface area contributed by atoms with E-state index in [1.54, 1.807) is 7.11 Å². The highest BCUT2D eigenvalue weighted by Crippen LogP contribution is 2.35. The van der Waals surface area contributed by atoms with Crippen LogP contribution in [0, 0.1) is 25.2 Å². The van der Waals surface area contributed by atoms with Crippen molar-refractivity contribution in [3.8, 4) is 34.4 Å². The van der Waals surface area contributed by atoms with Crippen molar-refractivity contribution in [2.24, 2.45) is 0 Å². The van der Waals surface area contributed by atoms with Crippen molar-refractivity contribution in [2.75, 3.05) is 7.11 Å². The van der Waals surface area contributed by atoms with Crippen molar-refractivity contribution in [2.45, 2.75) is 13.8 Å². The van der Waals surface area contributed by atoms with Crippen LogP contribution in [0.4, 0.5) is 0 Å². The van der Waals surface area contributed by atoms with Crippen LogP contribution in [-0.2, 0) is 0 Å². The lowest BCUT2D eigenvalue weighted by Gasteiger charge is -2.06. The fourth-order valence-corrected chi connectivity index (χ4v) is 2.69. The standard InChI is InChI=1S/C19H16N2O2/c1-12-5-4-6-13(2)17(12)18-16(11-20)19(23-21-18)14-7-9-15(22-3)10-8-14/h4-10H,1-3H3. The number of rotatable bonds is 3. The van der Waals surface area contributed by atoms with E-state index in [1.807, 2.05) is 56.3 Å². The summed E-state index contributed by atoms with van der Waals surface area (Å²) in [6.45, 7) is 4.01. The highest BCUT2D eigenvalue weighted by molar-refractivity contribution is 5.79. The van der Waals surface area contributed by atoms with Gasteiger partial charge in [0.15, 0.2) is 5.76 Å². The van der Waals surface area contributed by atoms with Gasteiger partial charge in [0.25, 0.3) is 0 Å². The molecule has 114 valence electrons. The van der Waals surface area contributed by atoms with E-state index in [9.17, 15) is 5.26 Å². The highest BCUT2D eigenvalue weighted by Gasteiger charge is 2.21. The summed E-state index contributed by atoms with van der Waals surface area (Å²) in [5.41, 5.74) is 4.92. The first-order chi connectivity index (χ1) is 11.2. The molecule has 4 heteroatoms. The van der Waals surface area contributed by atoms with Crippen LogP contribution in [0.3, 0.4) is 0 Å². The zero-order valence-electron chi connectivity index (χ0n) is 13.3. The van der Waals surface area contributed by atoms with Gasteiger partial charge in [0.1, 0.15) is 23.1 Å². The summed E-state index contributed by atoms with van der Waals surface area (Å²) in [4.78, 5) is 0. The first-order valence-electron chi connectivity index (χ1n) is 7.26. The number of nitrogens with zero attached hydrogens (tertiary/aromatic N) is 2. The fourth-order valence-electron chi connectivity index (χ4n) is 2.69. The van der Waals surface area contributed by atoms with Gasteiger partial charge in [-0.25, -0.2) is 0 Å². The van der Waals surface area contributed by atoms with Gasteiger partial charge < -0.3 is 9.26 Å². The number of hydrogen-bond donors (Lipinski definition) is 0. The second-order valence-corrected chi connectivity index (χ2v) is 5.34. The Kier molecular flexibility index (Phi) is 3.86. The maximum atomic E-state index is 9.62. The highest BCUT2D eigenvalue weighted by atomic mass is 16.5. The lowest BCUT2D eigenvalue weighted by Crippen LogP contribution is -1.90. The van der Waals surface area contributed by atoms with Gasteiger partial charge in [0.05, 0.1) is 7.11 Å². The molecule has 0 aliphatic carbocycles. The normalized spacial score (nSPS) is 10.3. The largest absolute Gasteiger partial charge is 0.497 e. The molecule has 0 spiro atoms. The summed E-state index contributed by atoms with van der Waals surface area (Å²) in [5, 5.41) is 13.8. The Morgan fingerprint density at radius 3 is 2.26 bits per heavy atom. The van der Waals surface area contributed by atoms with E-state index in [-0.39, 0.29) is 0 Å². The maximum absolute atomic E-state index is 9.62.